The second-order valence-corrected chi connectivity index (χ2v) is 6.43. The first-order valence-electron chi connectivity index (χ1n) is 8.82. The largest absolute Gasteiger partial charge is 0.479 e. The molecule has 2 aromatic carbocycles. The third-order valence-electron chi connectivity index (χ3n) is 4.31. The molecule has 1 atom stereocenters. The average molecular weight is 368 g/mol. The Morgan fingerprint density at radius 2 is 1.63 bits per heavy atom. The van der Waals surface area contributed by atoms with Crippen LogP contribution in [0, 0.1) is 13.8 Å². The summed E-state index contributed by atoms with van der Waals surface area (Å²) in [6.45, 7) is 6.31. The lowest BCUT2D eigenvalue weighted by molar-refractivity contribution is -0.139. The number of carbonyl (C=O) groups is 3. The van der Waals surface area contributed by atoms with Gasteiger partial charge in [0.1, 0.15) is 0 Å². The maximum Gasteiger partial charge on any atom is 0.330 e. The molecule has 0 saturated heterocycles. The van der Waals surface area contributed by atoms with Crippen LogP contribution in [-0.4, -0.2) is 29.4 Å². The Bertz CT molecular complexity index is 861. The Morgan fingerprint density at radius 1 is 0.963 bits per heavy atom. The van der Waals surface area contributed by atoms with Gasteiger partial charge in [-0.2, -0.15) is 0 Å². The molecule has 6 heteroatoms. The molecule has 0 aromatic heterocycles. The van der Waals surface area contributed by atoms with Gasteiger partial charge in [-0.1, -0.05) is 31.2 Å². The normalized spacial score (nSPS) is 11.5. The van der Waals surface area contributed by atoms with Crippen molar-refractivity contribution in [2.24, 2.45) is 0 Å². The van der Waals surface area contributed by atoms with Crippen LogP contribution in [0.2, 0.25) is 0 Å². The predicted molar refractivity (Wildman–Crippen MR) is 103 cm³/mol. The molecule has 2 amide bonds. The highest BCUT2D eigenvalue weighted by atomic mass is 16.4. The zero-order valence-corrected chi connectivity index (χ0v) is 15.7. The zero-order chi connectivity index (χ0) is 20.0. The van der Waals surface area contributed by atoms with Crippen molar-refractivity contribution in [3.05, 3.63) is 70.3 Å². The van der Waals surface area contributed by atoms with Gasteiger partial charge in [0.2, 0.25) is 0 Å². The number of carbonyl (C=O) groups excluding carboxylic acids is 2. The Hall–Kier alpha value is -3.15. The van der Waals surface area contributed by atoms with Crippen LogP contribution in [0.25, 0.3) is 0 Å². The van der Waals surface area contributed by atoms with E-state index in [1.807, 2.05) is 26.8 Å². The second kappa shape index (κ2) is 8.98. The van der Waals surface area contributed by atoms with E-state index >= 15 is 0 Å². The molecule has 0 aliphatic carbocycles. The lowest BCUT2D eigenvalue weighted by Crippen LogP contribution is -2.34. The van der Waals surface area contributed by atoms with Crippen LogP contribution in [-0.2, 0) is 4.79 Å². The van der Waals surface area contributed by atoms with Crippen molar-refractivity contribution >= 4 is 17.8 Å². The fraction of sp³-hybridized carbons (Fsp3) is 0.286. The fourth-order valence-electron chi connectivity index (χ4n) is 2.59. The van der Waals surface area contributed by atoms with Gasteiger partial charge in [0, 0.05) is 17.7 Å². The number of hydrogen-bond donors (Lipinski definition) is 3. The summed E-state index contributed by atoms with van der Waals surface area (Å²) in [5, 5.41) is 14.8. The number of benzene rings is 2. The van der Waals surface area contributed by atoms with Crippen molar-refractivity contribution < 1.29 is 19.5 Å². The van der Waals surface area contributed by atoms with Gasteiger partial charge in [-0.15, -0.1) is 0 Å². The smallest absolute Gasteiger partial charge is 0.330 e. The summed E-state index contributed by atoms with van der Waals surface area (Å²) in [5.74, 6) is -1.97. The van der Waals surface area contributed by atoms with Gasteiger partial charge >= 0.3 is 5.97 Å². The molecule has 2 aromatic rings. The first kappa shape index (κ1) is 20.2. The molecule has 0 heterocycles. The molecule has 1 unspecified atom stereocenters. The van der Waals surface area contributed by atoms with E-state index in [2.05, 4.69) is 10.6 Å². The summed E-state index contributed by atoms with van der Waals surface area (Å²) in [4.78, 5) is 36.3. The van der Waals surface area contributed by atoms with E-state index in [4.69, 9.17) is 0 Å². The van der Waals surface area contributed by atoms with Crippen LogP contribution in [0.4, 0.5) is 0 Å². The van der Waals surface area contributed by atoms with Crippen molar-refractivity contribution in [3.63, 3.8) is 0 Å². The number of rotatable bonds is 7. The molecule has 2 rings (SSSR count). The SMILES string of the molecule is CCCNC(=O)c1cccc(C(=O)NC(C(=O)O)c2ccc(C)c(C)c2)c1. The van der Waals surface area contributed by atoms with Gasteiger partial charge in [-0.05, 0) is 55.2 Å². The van der Waals surface area contributed by atoms with Crippen molar-refractivity contribution in [1.29, 1.82) is 0 Å². The van der Waals surface area contributed by atoms with Gasteiger partial charge < -0.3 is 15.7 Å². The van der Waals surface area contributed by atoms with Crippen LogP contribution in [0.1, 0.15) is 56.8 Å². The van der Waals surface area contributed by atoms with Crippen molar-refractivity contribution in [2.75, 3.05) is 6.54 Å². The first-order chi connectivity index (χ1) is 12.8. The van der Waals surface area contributed by atoms with E-state index in [-0.39, 0.29) is 11.5 Å². The van der Waals surface area contributed by atoms with E-state index < -0.39 is 17.9 Å². The molecule has 0 radical (unpaired) electrons. The maximum atomic E-state index is 12.6. The van der Waals surface area contributed by atoms with Gasteiger partial charge in [-0.25, -0.2) is 4.79 Å². The molecule has 6 nitrogen and oxygen atoms in total. The van der Waals surface area contributed by atoms with Crippen LogP contribution >= 0.6 is 0 Å². The Morgan fingerprint density at radius 3 is 2.22 bits per heavy atom. The van der Waals surface area contributed by atoms with E-state index in [1.54, 1.807) is 30.3 Å². The molecule has 3 N–H and O–H groups in total. The predicted octanol–water partition coefficient (Wildman–Crippen LogP) is 3.00. The highest BCUT2D eigenvalue weighted by Crippen LogP contribution is 2.18. The minimum atomic E-state index is -1.17. The summed E-state index contributed by atoms with van der Waals surface area (Å²) in [6, 6.07) is 10.3. The average Bonchev–Trinajstić information content (AvgIpc) is 2.66. The quantitative estimate of drug-likeness (QED) is 0.700. The number of carboxylic acid groups (broad SMARTS) is 1. The van der Waals surface area contributed by atoms with Crippen LogP contribution in [0.5, 0.6) is 0 Å². The Labute approximate surface area is 158 Å². The monoisotopic (exact) mass is 368 g/mol. The maximum absolute atomic E-state index is 12.6. The Kier molecular flexibility index (Phi) is 6.71. The fourth-order valence-corrected chi connectivity index (χ4v) is 2.59. The molecule has 0 saturated carbocycles. The number of aryl methyl sites for hydroxylation is 2. The molecule has 0 bridgehead atoms. The molecule has 0 fully saturated rings. The number of nitrogens with one attached hydrogen (secondary N) is 2. The number of hydrogen-bond acceptors (Lipinski definition) is 3. The minimum Gasteiger partial charge on any atom is -0.479 e. The Balaban J connectivity index is 2.22. The topological polar surface area (TPSA) is 95.5 Å². The number of amides is 2. The van der Waals surface area contributed by atoms with E-state index in [0.717, 1.165) is 17.5 Å². The third-order valence-corrected chi connectivity index (χ3v) is 4.31. The van der Waals surface area contributed by atoms with Gasteiger partial charge in [0.15, 0.2) is 6.04 Å². The van der Waals surface area contributed by atoms with Crippen molar-refractivity contribution in [2.45, 2.75) is 33.2 Å². The highest BCUT2D eigenvalue weighted by Gasteiger charge is 2.23. The molecule has 27 heavy (non-hydrogen) atoms. The van der Waals surface area contributed by atoms with E-state index in [0.29, 0.717) is 17.7 Å². The molecule has 142 valence electrons. The molecular weight excluding hydrogens is 344 g/mol. The lowest BCUT2D eigenvalue weighted by Gasteiger charge is -2.16. The highest BCUT2D eigenvalue weighted by molar-refractivity contribution is 6.00. The van der Waals surface area contributed by atoms with Crippen molar-refractivity contribution in [3.8, 4) is 0 Å². The molecular formula is C21H24N2O4. The van der Waals surface area contributed by atoms with Crippen LogP contribution < -0.4 is 10.6 Å². The summed E-state index contributed by atoms with van der Waals surface area (Å²) >= 11 is 0. The lowest BCUT2D eigenvalue weighted by atomic mass is 10.0. The number of carboxylic acids is 1. The van der Waals surface area contributed by atoms with Crippen LogP contribution in [0.15, 0.2) is 42.5 Å². The van der Waals surface area contributed by atoms with Gasteiger partial charge in [-0.3, -0.25) is 9.59 Å². The summed E-state index contributed by atoms with van der Waals surface area (Å²) < 4.78 is 0. The molecule has 0 aliphatic heterocycles. The van der Waals surface area contributed by atoms with Gasteiger partial charge in [0.05, 0.1) is 0 Å². The summed E-state index contributed by atoms with van der Waals surface area (Å²) in [5.41, 5.74) is 3.07. The van der Waals surface area contributed by atoms with E-state index in [1.165, 1.54) is 6.07 Å². The van der Waals surface area contributed by atoms with Crippen LogP contribution in [0.3, 0.4) is 0 Å². The third kappa shape index (κ3) is 5.17. The van der Waals surface area contributed by atoms with E-state index in [9.17, 15) is 19.5 Å². The summed E-state index contributed by atoms with van der Waals surface area (Å²) in [6.07, 6.45) is 0.808. The van der Waals surface area contributed by atoms with Gasteiger partial charge in [0.25, 0.3) is 11.8 Å². The minimum absolute atomic E-state index is 0.231. The summed E-state index contributed by atoms with van der Waals surface area (Å²) in [7, 11) is 0. The standard InChI is InChI=1S/C21H24N2O4/c1-4-10-22-19(24)16-6-5-7-17(12-16)20(25)23-18(21(26)27)15-9-8-13(2)14(3)11-15/h5-9,11-12,18H,4,10H2,1-3H3,(H,22,24)(H,23,25)(H,26,27). The molecule has 0 aliphatic rings. The molecule has 0 spiro atoms. The first-order valence-corrected chi connectivity index (χ1v) is 8.82. The second-order valence-electron chi connectivity index (χ2n) is 6.43. The number of aliphatic carboxylic acids is 1. The zero-order valence-electron chi connectivity index (χ0n) is 15.7. The van der Waals surface area contributed by atoms with Crippen molar-refractivity contribution in [1.82, 2.24) is 10.6 Å².